The summed E-state index contributed by atoms with van der Waals surface area (Å²) >= 11 is 12.4. The number of aryl methyl sites for hydroxylation is 1. The number of nitrogens with zero attached hydrogens (tertiary/aromatic N) is 3. The van der Waals surface area contributed by atoms with E-state index < -0.39 is 27.6 Å². The Balaban J connectivity index is 1.69. The Morgan fingerprint density at radius 2 is 1.91 bits per heavy atom. The molecule has 0 bridgehead atoms. The number of amides is 1. The van der Waals surface area contributed by atoms with Gasteiger partial charge in [-0.25, -0.2) is 22.5 Å². The SMILES string of the molecule is Cc1nn(C2CCS(=O)(=O)C2)c2nc(-c3ccc(F)cc3)cc(C(=O)Nc3cccc(Cl)c3Cl)c12. The van der Waals surface area contributed by atoms with E-state index >= 15 is 0 Å². The second kappa shape index (κ2) is 8.89. The topological polar surface area (TPSA) is 93.9 Å². The van der Waals surface area contributed by atoms with Crippen LogP contribution in [0.15, 0.2) is 48.5 Å². The molecule has 1 unspecified atom stereocenters. The third kappa shape index (κ3) is 4.51. The largest absolute Gasteiger partial charge is 0.321 e. The minimum Gasteiger partial charge on any atom is -0.321 e. The zero-order valence-electron chi connectivity index (χ0n) is 18.4. The van der Waals surface area contributed by atoms with Crippen molar-refractivity contribution < 1.29 is 17.6 Å². The highest BCUT2D eigenvalue weighted by molar-refractivity contribution is 7.91. The van der Waals surface area contributed by atoms with Crippen molar-refractivity contribution in [2.75, 3.05) is 16.8 Å². The summed E-state index contributed by atoms with van der Waals surface area (Å²) in [5.74, 6) is -0.853. The van der Waals surface area contributed by atoms with Crippen molar-refractivity contribution >= 4 is 55.7 Å². The fourth-order valence-corrected chi connectivity index (χ4v) is 6.31. The van der Waals surface area contributed by atoms with Crippen molar-refractivity contribution in [3.05, 3.63) is 75.7 Å². The van der Waals surface area contributed by atoms with Crippen LogP contribution in [0.2, 0.25) is 10.0 Å². The van der Waals surface area contributed by atoms with E-state index in [2.05, 4.69) is 10.4 Å². The summed E-state index contributed by atoms with van der Waals surface area (Å²) in [5.41, 5.74) is 2.53. The van der Waals surface area contributed by atoms with Crippen molar-refractivity contribution in [2.24, 2.45) is 0 Å². The molecule has 1 N–H and O–H groups in total. The lowest BCUT2D eigenvalue weighted by Crippen LogP contribution is -2.15. The van der Waals surface area contributed by atoms with Crippen LogP contribution in [-0.2, 0) is 9.84 Å². The van der Waals surface area contributed by atoms with Crippen molar-refractivity contribution in [1.82, 2.24) is 14.8 Å². The molecule has 1 atom stereocenters. The molecule has 35 heavy (non-hydrogen) atoms. The van der Waals surface area contributed by atoms with Crippen LogP contribution < -0.4 is 5.32 Å². The van der Waals surface area contributed by atoms with Crippen molar-refractivity contribution in [3.63, 3.8) is 0 Å². The predicted octanol–water partition coefficient (Wildman–Crippen LogP) is 5.46. The molecular weight excluding hydrogens is 514 g/mol. The van der Waals surface area contributed by atoms with E-state index in [1.54, 1.807) is 48.0 Å². The third-order valence-corrected chi connectivity index (χ3v) is 8.54. The summed E-state index contributed by atoms with van der Waals surface area (Å²) in [6.45, 7) is 1.74. The van der Waals surface area contributed by atoms with Crippen LogP contribution in [0.3, 0.4) is 0 Å². The fourth-order valence-electron chi connectivity index (χ4n) is 4.27. The highest BCUT2D eigenvalue weighted by Gasteiger charge is 2.32. The zero-order chi connectivity index (χ0) is 24.9. The molecule has 2 aromatic carbocycles. The molecular formula is C24H19Cl2FN4O3S. The fraction of sp³-hybridized carbons (Fsp3) is 0.208. The van der Waals surface area contributed by atoms with Gasteiger partial charge >= 0.3 is 0 Å². The summed E-state index contributed by atoms with van der Waals surface area (Å²) in [6, 6.07) is 11.8. The summed E-state index contributed by atoms with van der Waals surface area (Å²) in [6.07, 6.45) is 0.403. The van der Waals surface area contributed by atoms with Crippen LogP contribution in [0.4, 0.5) is 10.1 Å². The average molecular weight is 533 g/mol. The summed E-state index contributed by atoms with van der Waals surface area (Å²) in [5, 5.41) is 8.36. The maximum Gasteiger partial charge on any atom is 0.256 e. The summed E-state index contributed by atoms with van der Waals surface area (Å²) < 4.78 is 39.4. The lowest BCUT2D eigenvalue weighted by Gasteiger charge is -2.13. The molecule has 0 saturated carbocycles. The maximum absolute atomic E-state index is 13.5. The van der Waals surface area contributed by atoms with E-state index in [9.17, 15) is 17.6 Å². The number of halogens is 3. The number of benzene rings is 2. The van der Waals surface area contributed by atoms with Gasteiger partial charge < -0.3 is 5.32 Å². The minimum absolute atomic E-state index is 0.0503. The van der Waals surface area contributed by atoms with Crippen molar-refractivity contribution in [3.8, 4) is 11.3 Å². The van der Waals surface area contributed by atoms with Crippen LogP contribution >= 0.6 is 23.2 Å². The number of carbonyl (C=O) groups is 1. The van der Waals surface area contributed by atoms with Crippen LogP contribution in [0.25, 0.3) is 22.3 Å². The van der Waals surface area contributed by atoms with Gasteiger partial charge in [0.25, 0.3) is 5.91 Å². The first-order valence-corrected chi connectivity index (χ1v) is 13.3. The number of rotatable bonds is 4. The Labute approximate surface area is 210 Å². The third-order valence-electron chi connectivity index (χ3n) is 5.98. The van der Waals surface area contributed by atoms with Gasteiger partial charge in [0, 0.05) is 5.56 Å². The van der Waals surface area contributed by atoms with Gasteiger partial charge in [0.2, 0.25) is 0 Å². The number of aromatic nitrogens is 3. The second-order valence-corrected chi connectivity index (χ2v) is 11.4. The summed E-state index contributed by atoms with van der Waals surface area (Å²) in [4.78, 5) is 18.2. The number of carbonyl (C=O) groups excluding carboxylic acids is 1. The Kier molecular flexibility index (Phi) is 6.03. The van der Waals surface area contributed by atoms with Crippen molar-refractivity contribution in [1.29, 1.82) is 0 Å². The molecule has 0 radical (unpaired) electrons. The van der Waals surface area contributed by atoms with Gasteiger partial charge in [0.15, 0.2) is 15.5 Å². The predicted molar refractivity (Wildman–Crippen MR) is 134 cm³/mol. The molecule has 0 aliphatic carbocycles. The molecule has 1 fully saturated rings. The first-order valence-electron chi connectivity index (χ1n) is 10.7. The molecule has 2 aromatic heterocycles. The molecule has 11 heteroatoms. The molecule has 3 heterocycles. The molecule has 7 nitrogen and oxygen atoms in total. The van der Waals surface area contributed by atoms with Crippen LogP contribution in [0.5, 0.6) is 0 Å². The maximum atomic E-state index is 13.5. The molecule has 1 amide bonds. The average Bonchev–Trinajstić information content (AvgIpc) is 3.35. The van der Waals surface area contributed by atoms with Gasteiger partial charge in [-0.05, 0) is 55.8 Å². The number of hydrogen-bond donors (Lipinski definition) is 1. The number of anilines is 1. The molecule has 0 spiro atoms. The quantitative estimate of drug-likeness (QED) is 0.376. The second-order valence-electron chi connectivity index (χ2n) is 8.40. The van der Waals surface area contributed by atoms with Gasteiger partial charge in [-0.15, -0.1) is 0 Å². The minimum atomic E-state index is -3.18. The van der Waals surface area contributed by atoms with E-state index in [0.29, 0.717) is 45.1 Å². The first-order chi connectivity index (χ1) is 16.6. The Hall–Kier alpha value is -3.01. The molecule has 1 aliphatic rings. The smallest absolute Gasteiger partial charge is 0.256 e. The Morgan fingerprint density at radius 3 is 2.60 bits per heavy atom. The summed E-state index contributed by atoms with van der Waals surface area (Å²) in [7, 11) is -3.18. The van der Waals surface area contributed by atoms with Gasteiger partial charge in [0.1, 0.15) is 5.82 Å². The van der Waals surface area contributed by atoms with Crippen LogP contribution in [0.1, 0.15) is 28.5 Å². The molecule has 1 aliphatic heterocycles. The highest BCUT2D eigenvalue weighted by atomic mass is 35.5. The number of fused-ring (bicyclic) bond motifs is 1. The van der Waals surface area contributed by atoms with Gasteiger partial charge in [0.05, 0.1) is 55.6 Å². The first kappa shape index (κ1) is 23.7. The van der Waals surface area contributed by atoms with Crippen LogP contribution in [0, 0.1) is 12.7 Å². The van der Waals surface area contributed by atoms with Gasteiger partial charge in [-0.2, -0.15) is 5.10 Å². The van der Waals surface area contributed by atoms with E-state index in [-0.39, 0.29) is 22.1 Å². The monoisotopic (exact) mass is 532 g/mol. The highest BCUT2D eigenvalue weighted by Crippen LogP contribution is 2.34. The number of hydrogen-bond acceptors (Lipinski definition) is 5. The van der Waals surface area contributed by atoms with E-state index in [4.69, 9.17) is 28.2 Å². The van der Waals surface area contributed by atoms with Gasteiger partial charge in [-0.1, -0.05) is 29.3 Å². The van der Waals surface area contributed by atoms with Crippen LogP contribution in [-0.4, -0.2) is 40.6 Å². The van der Waals surface area contributed by atoms with E-state index in [0.717, 1.165) is 0 Å². The van der Waals surface area contributed by atoms with Crippen molar-refractivity contribution in [2.45, 2.75) is 19.4 Å². The van der Waals surface area contributed by atoms with E-state index in [1.165, 1.54) is 12.1 Å². The Bertz CT molecular complexity index is 1590. The molecule has 5 rings (SSSR count). The lowest BCUT2D eigenvalue weighted by atomic mass is 10.0. The van der Waals surface area contributed by atoms with Gasteiger partial charge in [-0.3, -0.25) is 4.79 Å². The standard InChI is InChI=1S/C24H19Cl2FN4O3S/c1-13-21-17(24(32)29-19-4-2-3-18(25)22(19)26)11-20(14-5-7-15(27)8-6-14)28-23(21)31(30-13)16-9-10-35(33,34)12-16/h2-8,11,16H,9-10,12H2,1H3,(H,29,32). The molecule has 4 aromatic rings. The number of sulfone groups is 1. The molecule has 1 saturated heterocycles. The normalized spacial score (nSPS) is 17.1. The zero-order valence-corrected chi connectivity index (χ0v) is 20.8. The number of pyridine rings is 1. The molecule has 180 valence electrons. The van der Waals surface area contributed by atoms with E-state index in [1.807, 2.05) is 0 Å². The Morgan fingerprint density at radius 1 is 1.17 bits per heavy atom. The number of nitrogens with one attached hydrogen (secondary N) is 1. The lowest BCUT2D eigenvalue weighted by molar-refractivity contribution is 0.102.